The van der Waals surface area contributed by atoms with E-state index in [1.54, 1.807) is 5.30 Å². The Bertz CT molecular complexity index is 267. The van der Waals surface area contributed by atoms with Crippen molar-refractivity contribution in [3.63, 3.8) is 0 Å². The molecule has 0 radical (unpaired) electrons. The van der Waals surface area contributed by atoms with Crippen LogP contribution in [0.3, 0.4) is 0 Å². The Morgan fingerprint density at radius 3 is 2.07 bits per heavy atom. The fourth-order valence-electron chi connectivity index (χ4n) is 2.15. The molecule has 2 heteroatoms. The fraction of sp³-hybridized carbons (Fsp3) is 0.538. The lowest BCUT2D eigenvalue weighted by Gasteiger charge is -2.29. The zero-order valence-electron chi connectivity index (χ0n) is 10.2. The molecule has 15 heavy (non-hydrogen) atoms. The average Bonchev–Trinajstić information content (AvgIpc) is 2.30. The summed E-state index contributed by atoms with van der Waals surface area (Å²) in [6.07, 6.45) is 1.37. The second-order valence-corrected chi connectivity index (χ2v) is 13.5. The minimum atomic E-state index is -0.956. The molecule has 0 amide bonds. The summed E-state index contributed by atoms with van der Waals surface area (Å²) in [5.41, 5.74) is 0. The van der Waals surface area contributed by atoms with Crippen molar-refractivity contribution in [3.05, 3.63) is 30.3 Å². The van der Waals surface area contributed by atoms with E-state index in [1.165, 1.54) is 24.6 Å². The molecule has 1 rings (SSSR count). The molecule has 1 atom stereocenters. The van der Waals surface area contributed by atoms with Crippen molar-refractivity contribution in [1.82, 2.24) is 0 Å². The first-order valence-electron chi connectivity index (χ1n) is 6.09. The third kappa shape index (κ3) is 3.73. The number of hydrogen-bond donors (Lipinski definition) is 0. The molecule has 0 nitrogen and oxygen atoms in total. The van der Waals surface area contributed by atoms with Gasteiger partial charge in [-0.3, -0.25) is 0 Å². The standard InChI is InChI=1S/C13H23PSi/c1-4-12-15(5-2,6-3)14-13-10-8-7-9-11-13/h7-11,14H,4-6,12H2,1-3H3. The van der Waals surface area contributed by atoms with Gasteiger partial charge in [0.05, 0.1) is 7.74 Å². The molecule has 0 spiro atoms. The van der Waals surface area contributed by atoms with Crippen LogP contribution in [-0.2, 0) is 0 Å². The van der Waals surface area contributed by atoms with Crippen molar-refractivity contribution in [1.29, 1.82) is 0 Å². The van der Waals surface area contributed by atoms with E-state index < -0.39 is 7.74 Å². The minimum Gasteiger partial charge on any atom is -0.102 e. The fourth-order valence-corrected chi connectivity index (χ4v) is 10.3. The van der Waals surface area contributed by atoms with Gasteiger partial charge in [-0.1, -0.05) is 75.7 Å². The highest BCUT2D eigenvalue weighted by atomic mass is 31.3. The van der Waals surface area contributed by atoms with Crippen molar-refractivity contribution in [2.75, 3.05) is 0 Å². The van der Waals surface area contributed by atoms with E-state index in [9.17, 15) is 0 Å². The van der Waals surface area contributed by atoms with Gasteiger partial charge >= 0.3 is 0 Å². The zero-order chi connectivity index (χ0) is 11.1. The van der Waals surface area contributed by atoms with Gasteiger partial charge in [-0.05, 0) is 5.30 Å². The normalized spacial score (nSPS) is 12.5. The smallest absolute Gasteiger partial charge is 0.0822 e. The predicted octanol–water partition coefficient (Wildman–Crippen LogP) is 4.39. The van der Waals surface area contributed by atoms with Crippen LogP contribution in [0.1, 0.15) is 27.2 Å². The Morgan fingerprint density at radius 1 is 1.00 bits per heavy atom. The van der Waals surface area contributed by atoms with E-state index in [0.29, 0.717) is 0 Å². The Labute approximate surface area is 97.1 Å². The van der Waals surface area contributed by atoms with Crippen LogP contribution < -0.4 is 5.30 Å². The molecule has 1 aromatic rings. The van der Waals surface area contributed by atoms with Crippen LogP contribution in [0.5, 0.6) is 0 Å². The first-order valence-corrected chi connectivity index (χ1v) is 10.7. The van der Waals surface area contributed by atoms with Gasteiger partial charge in [-0.15, -0.1) is 8.13 Å². The van der Waals surface area contributed by atoms with Crippen LogP contribution in [0.25, 0.3) is 0 Å². The van der Waals surface area contributed by atoms with Crippen molar-refractivity contribution in [2.45, 2.75) is 45.3 Å². The van der Waals surface area contributed by atoms with Crippen LogP contribution in [0.4, 0.5) is 0 Å². The molecule has 0 aliphatic carbocycles. The van der Waals surface area contributed by atoms with Gasteiger partial charge in [0, 0.05) is 0 Å². The molecule has 0 saturated carbocycles. The molecule has 0 aromatic heterocycles. The molecule has 1 unspecified atom stereocenters. The van der Waals surface area contributed by atoms with Gasteiger partial charge in [0.15, 0.2) is 0 Å². The molecular weight excluding hydrogens is 215 g/mol. The van der Waals surface area contributed by atoms with E-state index in [-0.39, 0.29) is 0 Å². The summed E-state index contributed by atoms with van der Waals surface area (Å²) in [4.78, 5) is 0. The van der Waals surface area contributed by atoms with Crippen LogP contribution in [-0.4, -0.2) is 7.74 Å². The highest BCUT2D eigenvalue weighted by molar-refractivity contribution is 7.87. The SMILES string of the molecule is CCC[Si](CC)(CC)Pc1ccccc1. The monoisotopic (exact) mass is 238 g/mol. The first-order chi connectivity index (χ1) is 7.26. The Kier molecular flexibility index (Phi) is 5.56. The number of hydrogen-bond acceptors (Lipinski definition) is 0. The average molecular weight is 238 g/mol. The van der Waals surface area contributed by atoms with Gasteiger partial charge in [0.2, 0.25) is 0 Å². The highest BCUT2D eigenvalue weighted by Crippen LogP contribution is 2.38. The van der Waals surface area contributed by atoms with Crippen molar-refractivity contribution in [3.8, 4) is 0 Å². The molecule has 0 aliphatic heterocycles. The maximum Gasteiger partial charge on any atom is 0.0822 e. The Hall–Kier alpha value is -0.133. The minimum absolute atomic E-state index is 0.956. The van der Waals surface area contributed by atoms with Crippen LogP contribution in [0, 0.1) is 0 Å². The maximum atomic E-state index is 2.40. The zero-order valence-corrected chi connectivity index (χ0v) is 12.2. The van der Waals surface area contributed by atoms with E-state index >= 15 is 0 Å². The molecule has 0 saturated heterocycles. The summed E-state index contributed by atoms with van der Waals surface area (Å²) in [5, 5.41) is 1.58. The van der Waals surface area contributed by atoms with Crippen molar-refractivity contribution >= 4 is 21.2 Å². The van der Waals surface area contributed by atoms with Crippen LogP contribution >= 0.6 is 8.13 Å². The van der Waals surface area contributed by atoms with E-state index in [0.717, 1.165) is 8.13 Å². The van der Waals surface area contributed by atoms with Gasteiger partial charge in [-0.2, -0.15) is 0 Å². The molecule has 0 heterocycles. The second-order valence-electron chi connectivity index (χ2n) is 4.23. The Balaban J connectivity index is 2.74. The summed E-state index contributed by atoms with van der Waals surface area (Å²) in [7, 11) is 0.155. The van der Waals surface area contributed by atoms with Gasteiger partial charge < -0.3 is 0 Å². The lowest BCUT2D eigenvalue weighted by molar-refractivity contribution is 1.03. The van der Waals surface area contributed by atoms with E-state index in [1.807, 2.05) is 0 Å². The summed E-state index contributed by atoms with van der Waals surface area (Å²) in [6.45, 7) is 7.14. The third-order valence-electron chi connectivity index (χ3n) is 3.27. The van der Waals surface area contributed by atoms with Crippen molar-refractivity contribution < 1.29 is 0 Å². The van der Waals surface area contributed by atoms with Crippen LogP contribution in [0.15, 0.2) is 30.3 Å². The predicted molar refractivity (Wildman–Crippen MR) is 76.2 cm³/mol. The summed E-state index contributed by atoms with van der Waals surface area (Å²) >= 11 is 0. The molecule has 1 aromatic carbocycles. The summed E-state index contributed by atoms with van der Waals surface area (Å²) < 4.78 is 0. The van der Waals surface area contributed by atoms with Gasteiger partial charge in [0.25, 0.3) is 0 Å². The van der Waals surface area contributed by atoms with Gasteiger partial charge in [0.1, 0.15) is 0 Å². The largest absolute Gasteiger partial charge is 0.102 e. The van der Waals surface area contributed by atoms with E-state index in [2.05, 4.69) is 51.1 Å². The summed E-state index contributed by atoms with van der Waals surface area (Å²) in [6, 6.07) is 15.5. The number of benzene rings is 1. The topological polar surface area (TPSA) is 0 Å². The molecule has 0 aliphatic rings. The van der Waals surface area contributed by atoms with Gasteiger partial charge in [-0.25, -0.2) is 0 Å². The first kappa shape index (κ1) is 12.9. The number of rotatable bonds is 6. The highest BCUT2D eigenvalue weighted by Gasteiger charge is 2.27. The summed E-state index contributed by atoms with van der Waals surface area (Å²) in [5.74, 6) is 0. The molecule has 84 valence electrons. The molecule has 0 fully saturated rings. The Morgan fingerprint density at radius 2 is 1.60 bits per heavy atom. The second kappa shape index (κ2) is 6.45. The maximum absolute atomic E-state index is 2.40. The third-order valence-corrected chi connectivity index (χ3v) is 13.9. The lowest BCUT2D eigenvalue weighted by atomic mass is 10.4. The van der Waals surface area contributed by atoms with E-state index in [4.69, 9.17) is 0 Å². The van der Waals surface area contributed by atoms with Crippen molar-refractivity contribution in [2.24, 2.45) is 0 Å². The molecule has 0 bridgehead atoms. The van der Waals surface area contributed by atoms with Crippen LogP contribution in [0.2, 0.25) is 18.1 Å². The molecule has 0 N–H and O–H groups in total. The lowest BCUT2D eigenvalue weighted by Crippen LogP contribution is -2.28. The molecular formula is C13H23PSi. The quantitative estimate of drug-likeness (QED) is 0.509.